The lowest BCUT2D eigenvalue weighted by molar-refractivity contribution is 0.103. The Bertz CT molecular complexity index is 850. The van der Waals surface area contributed by atoms with Gasteiger partial charge in [0.2, 0.25) is 0 Å². The Morgan fingerprint density at radius 3 is 2.95 bits per heavy atom. The molecule has 0 saturated heterocycles. The number of aromatic hydroxyl groups is 1. The molecule has 0 fully saturated rings. The van der Waals surface area contributed by atoms with Crippen LogP contribution < -0.4 is 5.32 Å². The fraction of sp³-hybridized carbons (Fsp3) is 0. The Balaban J connectivity index is 1.98. The van der Waals surface area contributed by atoms with Crippen LogP contribution in [0.2, 0.25) is 5.02 Å². The molecule has 0 spiro atoms. The van der Waals surface area contributed by atoms with Gasteiger partial charge in [0.1, 0.15) is 10.7 Å². The Hall–Kier alpha value is -2.18. The number of benzene rings is 1. The molecule has 0 radical (unpaired) electrons. The molecule has 2 aromatic heterocycles. The first-order valence-electron chi connectivity index (χ1n) is 5.89. The molecule has 2 heterocycles. The van der Waals surface area contributed by atoms with Crippen molar-refractivity contribution in [1.29, 1.82) is 0 Å². The van der Waals surface area contributed by atoms with E-state index in [4.69, 9.17) is 11.6 Å². The average Bonchev–Trinajstić information content (AvgIpc) is 2.78. The molecule has 7 heteroatoms. The van der Waals surface area contributed by atoms with Crippen molar-refractivity contribution in [2.24, 2.45) is 0 Å². The summed E-state index contributed by atoms with van der Waals surface area (Å²) in [6.45, 7) is 0. The number of carbonyl (C=O) groups excluding carboxylic acids is 1. The summed E-state index contributed by atoms with van der Waals surface area (Å²) in [6, 6.07) is 7.08. The van der Waals surface area contributed by atoms with Crippen molar-refractivity contribution >= 4 is 44.7 Å². The van der Waals surface area contributed by atoms with Crippen LogP contribution >= 0.6 is 22.9 Å². The minimum atomic E-state index is -0.504. The summed E-state index contributed by atoms with van der Waals surface area (Å²) >= 11 is 7.23. The number of anilines is 1. The van der Waals surface area contributed by atoms with Gasteiger partial charge in [0.05, 0.1) is 5.02 Å². The van der Waals surface area contributed by atoms with E-state index in [1.807, 2.05) is 0 Å². The molecule has 0 atom stereocenters. The van der Waals surface area contributed by atoms with Gasteiger partial charge < -0.3 is 10.4 Å². The summed E-state index contributed by atoms with van der Waals surface area (Å²) in [5.74, 6) is -0.998. The van der Waals surface area contributed by atoms with Crippen molar-refractivity contribution in [3.63, 3.8) is 0 Å². The largest absolute Gasteiger partial charge is 0.504 e. The summed E-state index contributed by atoms with van der Waals surface area (Å²) in [7, 11) is 0. The summed E-state index contributed by atoms with van der Waals surface area (Å²) in [6.07, 6.45) is 1.44. The lowest BCUT2D eigenvalue weighted by atomic mass is 10.2. The highest BCUT2D eigenvalue weighted by molar-refractivity contribution is 7.21. The first-order valence-corrected chi connectivity index (χ1v) is 7.08. The number of fused-ring (bicyclic) bond motifs is 1. The predicted molar refractivity (Wildman–Crippen MR) is 80.6 cm³/mol. The van der Waals surface area contributed by atoms with Gasteiger partial charge in [-0.25, -0.2) is 9.37 Å². The van der Waals surface area contributed by atoms with E-state index in [0.717, 1.165) is 11.3 Å². The van der Waals surface area contributed by atoms with Crippen molar-refractivity contribution in [3.05, 3.63) is 52.2 Å². The molecule has 0 unspecified atom stereocenters. The number of thiophene rings is 1. The van der Waals surface area contributed by atoms with Crippen LogP contribution in [-0.2, 0) is 0 Å². The quantitative estimate of drug-likeness (QED) is 0.748. The zero-order chi connectivity index (χ0) is 15.0. The fourth-order valence-corrected chi connectivity index (χ4v) is 3.28. The zero-order valence-electron chi connectivity index (χ0n) is 10.4. The Morgan fingerprint density at radius 2 is 2.19 bits per heavy atom. The molecule has 106 valence electrons. The third-order valence-corrected chi connectivity index (χ3v) is 4.47. The van der Waals surface area contributed by atoms with Gasteiger partial charge in [0, 0.05) is 16.3 Å². The number of nitrogens with zero attached hydrogens (tertiary/aromatic N) is 1. The maximum Gasteiger partial charge on any atom is 0.268 e. The average molecular weight is 323 g/mol. The maximum absolute atomic E-state index is 13.2. The number of halogens is 2. The highest BCUT2D eigenvalue weighted by atomic mass is 35.5. The van der Waals surface area contributed by atoms with E-state index in [0.29, 0.717) is 10.1 Å². The summed E-state index contributed by atoms with van der Waals surface area (Å²) in [4.78, 5) is 16.3. The van der Waals surface area contributed by atoms with Crippen LogP contribution in [0, 0.1) is 5.82 Å². The summed E-state index contributed by atoms with van der Waals surface area (Å²) < 4.78 is 13.8. The summed E-state index contributed by atoms with van der Waals surface area (Å²) in [5.41, 5.74) is 0. The normalized spacial score (nSPS) is 10.8. The molecule has 2 N–H and O–H groups in total. The van der Waals surface area contributed by atoms with E-state index in [2.05, 4.69) is 10.3 Å². The van der Waals surface area contributed by atoms with E-state index >= 15 is 0 Å². The van der Waals surface area contributed by atoms with Crippen LogP contribution in [-0.4, -0.2) is 16.0 Å². The Kier molecular flexibility index (Phi) is 3.48. The van der Waals surface area contributed by atoms with Crippen LogP contribution in [0.1, 0.15) is 9.67 Å². The van der Waals surface area contributed by atoms with E-state index in [1.165, 1.54) is 30.5 Å². The first kappa shape index (κ1) is 13.8. The molecule has 1 amide bonds. The second kappa shape index (κ2) is 5.31. The predicted octanol–water partition coefficient (Wildman–Crippen LogP) is 4.05. The zero-order valence-corrected chi connectivity index (χ0v) is 12.0. The first-order chi connectivity index (χ1) is 10.1. The number of aromatic nitrogens is 1. The number of hydrogen-bond acceptors (Lipinski definition) is 4. The molecule has 0 aliphatic heterocycles. The second-order valence-corrected chi connectivity index (χ2v) is 5.64. The highest BCUT2D eigenvalue weighted by Crippen LogP contribution is 2.36. The third-order valence-electron chi connectivity index (χ3n) is 2.82. The van der Waals surface area contributed by atoms with Gasteiger partial charge in [-0.05, 0) is 30.3 Å². The molecule has 1 aromatic carbocycles. The lowest BCUT2D eigenvalue weighted by Crippen LogP contribution is -2.11. The fourth-order valence-electron chi connectivity index (χ4n) is 1.84. The number of nitrogens with one attached hydrogen (secondary N) is 1. The molecule has 0 aliphatic carbocycles. The monoisotopic (exact) mass is 322 g/mol. The standard InChI is InChI=1S/C14H8ClFN2O2S/c15-11-8-4-3-7(16)6-10(8)21-12(11)14(20)18-13-9(19)2-1-5-17-13/h1-6,19H,(H,17,18,20). The molecule has 21 heavy (non-hydrogen) atoms. The smallest absolute Gasteiger partial charge is 0.268 e. The number of carbonyl (C=O) groups is 1. The van der Waals surface area contributed by atoms with E-state index in [1.54, 1.807) is 6.07 Å². The summed E-state index contributed by atoms with van der Waals surface area (Å²) in [5, 5.41) is 12.9. The molecule has 0 saturated carbocycles. The molecular formula is C14H8ClFN2O2S. The van der Waals surface area contributed by atoms with Crippen molar-refractivity contribution in [3.8, 4) is 5.75 Å². The van der Waals surface area contributed by atoms with Crippen LogP contribution in [0.4, 0.5) is 10.2 Å². The van der Waals surface area contributed by atoms with Gasteiger partial charge in [-0.1, -0.05) is 11.6 Å². The second-order valence-electron chi connectivity index (χ2n) is 4.21. The Morgan fingerprint density at radius 1 is 1.38 bits per heavy atom. The van der Waals surface area contributed by atoms with Crippen LogP contribution in [0.15, 0.2) is 36.5 Å². The minimum Gasteiger partial charge on any atom is -0.504 e. The van der Waals surface area contributed by atoms with E-state index < -0.39 is 11.7 Å². The van der Waals surface area contributed by atoms with Crippen LogP contribution in [0.5, 0.6) is 5.75 Å². The number of amides is 1. The van der Waals surface area contributed by atoms with Crippen molar-refractivity contribution in [2.45, 2.75) is 0 Å². The van der Waals surface area contributed by atoms with E-state index in [9.17, 15) is 14.3 Å². The van der Waals surface area contributed by atoms with Crippen molar-refractivity contribution in [2.75, 3.05) is 5.32 Å². The van der Waals surface area contributed by atoms with Crippen molar-refractivity contribution < 1.29 is 14.3 Å². The minimum absolute atomic E-state index is 0.0437. The van der Waals surface area contributed by atoms with Crippen LogP contribution in [0.25, 0.3) is 10.1 Å². The highest BCUT2D eigenvalue weighted by Gasteiger charge is 2.18. The molecule has 3 rings (SSSR count). The Labute approximate surface area is 127 Å². The SMILES string of the molecule is O=C(Nc1ncccc1O)c1sc2cc(F)ccc2c1Cl. The van der Waals surface area contributed by atoms with Crippen LogP contribution in [0.3, 0.4) is 0 Å². The number of hydrogen-bond donors (Lipinski definition) is 2. The molecule has 0 aliphatic rings. The third kappa shape index (κ3) is 2.55. The van der Waals surface area contributed by atoms with Gasteiger partial charge in [-0.3, -0.25) is 4.79 Å². The number of rotatable bonds is 2. The molecule has 0 bridgehead atoms. The van der Waals surface area contributed by atoms with Gasteiger partial charge in [0.25, 0.3) is 5.91 Å². The number of pyridine rings is 1. The maximum atomic E-state index is 13.2. The molecular weight excluding hydrogens is 315 g/mol. The molecule has 3 aromatic rings. The molecule has 4 nitrogen and oxygen atoms in total. The lowest BCUT2D eigenvalue weighted by Gasteiger charge is -2.04. The van der Waals surface area contributed by atoms with Crippen molar-refractivity contribution in [1.82, 2.24) is 4.98 Å². The van der Waals surface area contributed by atoms with Gasteiger partial charge >= 0.3 is 0 Å². The van der Waals surface area contributed by atoms with E-state index in [-0.39, 0.29) is 21.5 Å². The van der Waals surface area contributed by atoms with Gasteiger partial charge in [-0.2, -0.15) is 0 Å². The van der Waals surface area contributed by atoms with Gasteiger partial charge in [0.15, 0.2) is 11.6 Å². The topological polar surface area (TPSA) is 62.2 Å². The van der Waals surface area contributed by atoms with Gasteiger partial charge in [-0.15, -0.1) is 11.3 Å².